The van der Waals surface area contributed by atoms with Crippen LogP contribution in [0.4, 0.5) is 0 Å². The van der Waals surface area contributed by atoms with E-state index in [0.717, 1.165) is 17.6 Å². The highest BCUT2D eigenvalue weighted by Crippen LogP contribution is 2.39. The van der Waals surface area contributed by atoms with Crippen LogP contribution in [0.1, 0.15) is 40.5 Å². The molecule has 0 aliphatic heterocycles. The van der Waals surface area contributed by atoms with Crippen molar-refractivity contribution in [2.75, 3.05) is 0 Å². The van der Waals surface area contributed by atoms with Gasteiger partial charge in [0.25, 0.3) is 0 Å². The first-order chi connectivity index (χ1) is 6.83. The molecule has 0 spiro atoms. The van der Waals surface area contributed by atoms with Gasteiger partial charge < -0.3 is 10.2 Å². The summed E-state index contributed by atoms with van der Waals surface area (Å²) in [6, 6.07) is 0. The first-order valence-corrected chi connectivity index (χ1v) is 5.41. The molecule has 1 aliphatic carbocycles. The van der Waals surface area contributed by atoms with Crippen LogP contribution in [-0.4, -0.2) is 22.4 Å². The van der Waals surface area contributed by atoms with Gasteiger partial charge in [-0.15, -0.1) is 0 Å². The minimum absolute atomic E-state index is 0.0797. The van der Waals surface area contributed by atoms with Gasteiger partial charge in [-0.3, -0.25) is 0 Å². The molecule has 84 valence electrons. The van der Waals surface area contributed by atoms with Crippen molar-refractivity contribution < 1.29 is 10.2 Å². The Morgan fingerprint density at radius 3 is 2.53 bits per heavy atom. The number of allylic oxidation sites excluding steroid dienone is 1. The zero-order valence-electron chi connectivity index (χ0n) is 9.96. The number of hydrogen-bond acceptors (Lipinski definition) is 2. The molecule has 2 N–H and O–H groups in total. The van der Waals surface area contributed by atoms with Gasteiger partial charge in [0.1, 0.15) is 6.10 Å². The van der Waals surface area contributed by atoms with Crippen LogP contribution in [0.2, 0.25) is 0 Å². The van der Waals surface area contributed by atoms with E-state index in [4.69, 9.17) is 5.11 Å². The third-order valence-corrected chi connectivity index (χ3v) is 2.80. The summed E-state index contributed by atoms with van der Waals surface area (Å²) in [6.45, 7) is 7.85. The molecule has 0 amide bonds. The van der Waals surface area contributed by atoms with Gasteiger partial charge in [-0.25, -0.2) is 0 Å². The van der Waals surface area contributed by atoms with Gasteiger partial charge in [0.15, 0.2) is 0 Å². The molecule has 0 saturated carbocycles. The second-order valence-corrected chi connectivity index (χ2v) is 5.05. The van der Waals surface area contributed by atoms with E-state index in [1.165, 1.54) is 0 Å². The Labute approximate surface area is 92.0 Å². The van der Waals surface area contributed by atoms with Crippen LogP contribution < -0.4 is 0 Å². The molecule has 0 aromatic rings. The fourth-order valence-corrected chi connectivity index (χ4v) is 2.25. The third-order valence-electron chi connectivity index (χ3n) is 2.80. The van der Waals surface area contributed by atoms with Crippen LogP contribution in [0, 0.1) is 17.3 Å². The van der Waals surface area contributed by atoms with E-state index in [1.54, 1.807) is 6.92 Å². The fraction of sp³-hybridized carbons (Fsp3) is 0.692. The van der Waals surface area contributed by atoms with Crippen molar-refractivity contribution in [2.45, 2.75) is 52.7 Å². The third kappa shape index (κ3) is 3.09. The Hall–Kier alpha value is -0.780. The Morgan fingerprint density at radius 2 is 2.07 bits per heavy atom. The lowest BCUT2D eigenvalue weighted by Gasteiger charge is -2.34. The Bertz CT molecular complexity index is 326. The molecule has 0 unspecified atom stereocenters. The summed E-state index contributed by atoms with van der Waals surface area (Å²) < 4.78 is 0. The van der Waals surface area contributed by atoms with Crippen LogP contribution in [-0.2, 0) is 0 Å². The summed E-state index contributed by atoms with van der Waals surface area (Å²) in [5.74, 6) is 5.83. The molecule has 2 nitrogen and oxygen atoms in total. The van der Waals surface area contributed by atoms with Crippen molar-refractivity contribution in [1.29, 1.82) is 0 Å². The molecule has 0 saturated heterocycles. The maximum atomic E-state index is 9.68. The van der Waals surface area contributed by atoms with Gasteiger partial charge >= 0.3 is 0 Å². The van der Waals surface area contributed by atoms with Crippen molar-refractivity contribution in [3.63, 3.8) is 0 Å². The lowest BCUT2D eigenvalue weighted by Crippen LogP contribution is -2.28. The lowest BCUT2D eigenvalue weighted by atomic mass is 9.72. The van der Waals surface area contributed by atoms with Crippen LogP contribution in [0.15, 0.2) is 11.1 Å². The number of aliphatic hydroxyl groups is 2. The summed E-state index contributed by atoms with van der Waals surface area (Å²) in [6.07, 6.45) is 0.603. The summed E-state index contributed by atoms with van der Waals surface area (Å²) in [5.41, 5.74) is 2.14. The van der Waals surface area contributed by atoms with E-state index in [2.05, 4.69) is 25.7 Å². The highest BCUT2D eigenvalue weighted by molar-refractivity contribution is 5.40. The van der Waals surface area contributed by atoms with E-state index in [-0.39, 0.29) is 11.5 Å². The van der Waals surface area contributed by atoms with E-state index in [1.807, 2.05) is 6.92 Å². The molecule has 0 aromatic carbocycles. The molecule has 0 fully saturated rings. The van der Waals surface area contributed by atoms with E-state index < -0.39 is 6.10 Å². The molecule has 1 aliphatic rings. The van der Waals surface area contributed by atoms with Crippen molar-refractivity contribution in [3.05, 3.63) is 11.1 Å². The predicted octanol–water partition coefficient (Wildman–Crippen LogP) is 1.87. The van der Waals surface area contributed by atoms with E-state index in [9.17, 15) is 5.11 Å². The standard InChI is InChI=1S/C13H20O2/c1-9-7-11(15)8-13(3,4)12(9)6-5-10(2)14/h10-11,14-15H,7-8H2,1-4H3/t10-,11-/m1/s1. The van der Waals surface area contributed by atoms with Crippen molar-refractivity contribution in [2.24, 2.45) is 5.41 Å². The van der Waals surface area contributed by atoms with Crippen LogP contribution in [0.3, 0.4) is 0 Å². The normalized spacial score (nSPS) is 26.9. The minimum Gasteiger partial charge on any atom is -0.393 e. The molecule has 0 aromatic heterocycles. The Morgan fingerprint density at radius 1 is 1.47 bits per heavy atom. The molecule has 0 heterocycles. The zero-order chi connectivity index (χ0) is 11.6. The first kappa shape index (κ1) is 12.3. The maximum Gasteiger partial charge on any atom is 0.112 e. The second-order valence-electron chi connectivity index (χ2n) is 5.05. The monoisotopic (exact) mass is 208 g/mol. The predicted molar refractivity (Wildman–Crippen MR) is 61.2 cm³/mol. The van der Waals surface area contributed by atoms with E-state index >= 15 is 0 Å². The molecule has 15 heavy (non-hydrogen) atoms. The summed E-state index contributed by atoms with van der Waals surface area (Å²) in [7, 11) is 0. The van der Waals surface area contributed by atoms with Gasteiger partial charge in [-0.05, 0) is 26.7 Å². The highest BCUT2D eigenvalue weighted by Gasteiger charge is 2.31. The highest BCUT2D eigenvalue weighted by atomic mass is 16.3. The number of rotatable bonds is 0. The van der Waals surface area contributed by atoms with Gasteiger partial charge in [0, 0.05) is 11.0 Å². The Kier molecular flexibility index (Phi) is 3.59. The van der Waals surface area contributed by atoms with Crippen molar-refractivity contribution in [1.82, 2.24) is 0 Å². The Balaban J connectivity index is 3.03. The average molecular weight is 208 g/mol. The van der Waals surface area contributed by atoms with E-state index in [0.29, 0.717) is 6.42 Å². The average Bonchev–Trinajstić information content (AvgIpc) is 1.98. The fourth-order valence-electron chi connectivity index (χ4n) is 2.25. The quantitative estimate of drug-likeness (QED) is 0.597. The van der Waals surface area contributed by atoms with Gasteiger partial charge in [-0.2, -0.15) is 0 Å². The molecule has 2 atom stereocenters. The molecule has 0 bridgehead atoms. The van der Waals surface area contributed by atoms with Crippen molar-refractivity contribution >= 4 is 0 Å². The van der Waals surface area contributed by atoms with Gasteiger partial charge in [-0.1, -0.05) is 31.3 Å². The maximum absolute atomic E-state index is 9.68. The summed E-state index contributed by atoms with van der Waals surface area (Å²) in [4.78, 5) is 0. The van der Waals surface area contributed by atoms with Crippen LogP contribution in [0.5, 0.6) is 0 Å². The lowest BCUT2D eigenvalue weighted by molar-refractivity contribution is 0.117. The smallest absolute Gasteiger partial charge is 0.112 e. The first-order valence-electron chi connectivity index (χ1n) is 5.41. The molecule has 1 rings (SSSR count). The molecular formula is C13H20O2. The van der Waals surface area contributed by atoms with Crippen LogP contribution in [0.25, 0.3) is 0 Å². The number of aliphatic hydroxyl groups excluding tert-OH is 2. The topological polar surface area (TPSA) is 40.5 Å². The van der Waals surface area contributed by atoms with Crippen LogP contribution >= 0.6 is 0 Å². The molecular weight excluding hydrogens is 188 g/mol. The number of hydrogen-bond donors (Lipinski definition) is 2. The second kappa shape index (κ2) is 4.38. The molecule has 2 heteroatoms. The molecule has 0 radical (unpaired) electrons. The summed E-state index contributed by atoms with van der Waals surface area (Å²) >= 11 is 0. The largest absolute Gasteiger partial charge is 0.393 e. The van der Waals surface area contributed by atoms with Gasteiger partial charge in [0.05, 0.1) is 6.10 Å². The van der Waals surface area contributed by atoms with Gasteiger partial charge in [0.2, 0.25) is 0 Å². The zero-order valence-corrected chi connectivity index (χ0v) is 9.96. The van der Waals surface area contributed by atoms with Crippen molar-refractivity contribution in [3.8, 4) is 11.8 Å². The SMILES string of the molecule is CC1=C(C#C[C@@H](C)O)C(C)(C)C[C@H](O)C1. The minimum atomic E-state index is -0.590. The summed E-state index contributed by atoms with van der Waals surface area (Å²) in [5, 5.41) is 18.8.